The Kier molecular flexibility index (Phi) is 4.42. The fraction of sp³-hybridized carbons (Fsp3) is 0.700. The molecule has 0 spiro atoms. The second-order valence-electron chi connectivity index (χ2n) is 4.79. The van der Waals surface area contributed by atoms with E-state index in [1.807, 2.05) is 13.8 Å². The van der Waals surface area contributed by atoms with Crippen LogP contribution in [0.3, 0.4) is 0 Å². The van der Waals surface area contributed by atoms with Gasteiger partial charge in [0.05, 0.1) is 11.9 Å². The Morgan fingerprint density at radius 1 is 1.61 bits per heavy atom. The van der Waals surface area contributed by atoms with Gasteiger partial charge in [0.2, 0.25) is 5.03 Å². The van der Waals surface area contributed by atoms with Crippen LogP contribution in [0.1, 0.15) is 20.8 Å². The minimum Gasteiger partial charge on any atom is -0.389 e. The summed E-state index contributed by atoms with van der Waals surface area (Å²) in [6.07, 6.45) is 1.32. The van der Waals surface area contributed by atoms with Crippen LogP contribution < -0.4 is 4.72 Å². The Morgan fingerprint density at radius 2 is 2.17 bits per heavy atom. The summed E-state index contributed by atoms with van der Waals surface area (Å²) in [4.78, 5) is 3.73. The van der Waals surface area contributed by atoms with E-state index in [0.29, 0.717) is 0 Å². The second kappa shape index (κ2) is 5.16. The summed E-state index contributed by atoms with van der Waals surface area (Å²) < 4.78 is 27.6. The first kappa shape index (κ1) is 15.4. The molecule has 2 N–H and O–H groups in total. The molecular formula is C10H18ClN3O3S. The molecule has 18 heavy (non-hydrogen) atoms. The first-order valence-electron chi connectivity index (χ1n) is 5.47. The summed E-state index contributed by atoms with van der Waals surface area (Å²) >= 11 is 5.82. The standard InChI is InChI=1S/C10H18ClN3O3S/c1-7(2)10(3,15)5-13-18(16,17)9-8(11)14(4)6-12-9/h6-7,13,15H,5H2,1-4H3. The van der Waals surface area contributed by atoms with Gasteiger partial charge in [-0.3, -0.25) is 0 Å². The third-order valence-corrected chi connectivity index (χ3v) is 4.84. The van der Waals surface area contributed by atoms with Crippen LogP contribution in [-0.2, 0) is 17.1 Å². The van der Waals surface area contributed by atoms with Crippen molar-refractivity contribution in [1.82, 2.24) is 14.3 Å². The van der Waals surface area contributed by atoms with Gasteiger partial charge >= 0.3 is 0 Å². The van der Waals surface area contributed by atoms with Crippen molar-refractivity contribution in [3.8, 4) is 0 Å². The van der Waals surface area contributed by atoms with Crippen molar-refractivity contribution in [3.05, 3.63) is 11.5 Å². The van der Waals surface area contributed by atoms with Crippen LogP contribution in [-0.4, -0.2) is 35.2 Å². The molecule has 0 fully saturated rings. The lowest BCUT2D eigenvalue weighted by atomic mass is 9.93. The van der Waals surface area contributed by atoms with E-state index in [-0.39, 0.29) is 22.6 Å². The number of nitrogens with one attached hydrogen (secondary N) is 1. The summed E-state index contributed by atoms with van der Waals surface area (Å²) in [5.41, 5.74) is -1.13. The van der Waals surface area contributed by atoms with Crippen molar-refractivity contribution in [2.45, 2.75) is 31.4 Å². The van der Waals surface area contributed by atoms with Crippen LogP contribution in [0.5, 0.6) is 0 Å². The van der Waals surface area contributed by atoms with E-state index in [4.69, 9.17) is 11.6 Å². The van der Waals surface area contributed by atoms with Gasteiger partial charge in [0.25, 0.3) is 10.0 Å². The lowest BCUT2D eigenvalue weighted by Gasteiger charge is -2.27. The van der Waals surface area contributed by atoms with E-state index in [2.05, 4.69) is 9.71 Å². The second-order valence-corrected chi connectivity index (χ2v) is 6.83. The average molecular weight is 296 g/mol. The number of aryl methyl sites for hydroxylation is 1. The smallest absolute Gasteiger partial charge is 0.261 e. The van der Waals surface area contributed by atoms with E-state index in [9.17, 15) is 13.5 Å². The van der Waals surface area contributed by atoms with Crippen LogP contribution >= 0.6 is 11.6 Å². The maximum Gasteiger partial charge on any atom is 0.261 e. The van der Waals surface area contributed by atoms with Crippen molar-refractivity contribution in [3.63, 3.8) is 0 Å². The van der Waals surface area contributed by atoms with Gasteiger partial charge in [-0.15, -0.1) is 0 Å². The van der Waals surface area contributed by atoms with Gasteiger partial charge in [-0.2, -0.15) is 0 Å². The number of aliphatic hydroxyl groups is 1. The molecule has 0 aliphatic heterocycles. The largest absolute Gasteiger partial charge is 0.389 e. The van der Waals surface area contributed by atoms with Crippen LogP contribution in [0.2, 0.25) is 5.15 Å². The van der Waals surface area contributed by atoms with Gasteiger partial charge in [-0.25, -0.2) is 18.1 Å². The highest BCUT2D eigenvalue weighted by Crippen LogP contribution is 2.20. The molecule has 1 unspecified atom stereocenters. The minimum atomic E-state index is -3.81. The molecule has 1 atom stereocenters. The summed E-state index contributed by atoms with van der Waals surface area (Å²) in [7, 11) is -2.21. The van der Waals surface area contributed by atoms with Gasteiger partial charge < -0.3 is 9.67 Å². The zero-order chi connectivity index (χ0) is 14.1. The van der Waals surface area contributed by atoms with E-state index < -0.39 is 15.6 Å². The molecule has 104 valence electrons. The highest BCUT2D eigenvalue weighted by Gasteiger charge is 2.29. The van der Waals surface area contributed by atoms with E-state index >= 15 is 0 Å². The van der Waals surface area contributed by atoms with Crippen LogP contribution in [0.15, 0.2) is 11.4 Å². The summed E-state index contributed by atoms with van der Waals surface area (Å²) in [5.74, 6) is -0.0839. The zero-order valence-electron chi connectivity index (χ0n) is 10.8. The molecule has 0 aromatic carbocycles. The maximum atomic E-state index is 12.0. The quantitative estimate of drug-likeness (QED) is 0.840. The van der Waals surface area contributed by atoms with E-state index in [0.717, 1.165) is 0 Å². The summed E-state index contributed by atoms with van der Waals surface area (Å²) in [6.45, 7) is 5.09. The third kappa shape index (κ3) is 3.23. The lowest BCUT2D eigenvalue weighted by Crippen LogP contribution is -2.44. The van der Waals surface area contributed by atoms with Gasteiger partial charge in [0.15, 0.2) is 0 Å². The number of aromatic nitrogens is 2. The van der Waals surface area contributed by atoms with Crippen LogP contribution in [0.4, 0.5) is 0 Å². The Morgan fingerprint density at radius 3 is 2.56 bits per heavy atom. The molecule has 0 amide bonds. The van der Waals surface area contributed by atoms with E-state index in [1.165, 1.54) is 10.9 Å². The number of rotatable bonds is 5. The molecule has 0 saturated heterocycles. The molecular weight excluding hydrogens is 278 g/mol. The summed E-state index contributed by atoms with van der Waals surface area (Å²) in [5, 5.41) is 9.79. The van der Waals surface area contributed by atoms with Gasteiger partial charge in [-0.05, 0) is 12.8 Å². The fourth-order valence-corrected chi connectivity index (χ4v) is 2.66. The Labute approximate surface area is 112 Å². The Balaban J connectivity index is 2.88. The lowest BCUT2D eigenvalue weighted by molar-refractivity contribution is 0.0190. The number of hydrogen-bond acceptors (Lipinski definition) is 4. The van der Waals surface area contributed by atoms with E-state index in [1.54, 1.807) is 14.0 Å². The predicted molar refractivity (Wildman–Crippen MR) is 68.9 cm³/mol. The maximum absolute atomic E-state index is 12.0. The molecule has 1 aromatic rings. The fourth-order valence-electron chi connectivity index (χ4n) is 1.09. The normalized spacial score (nSPS) is 15.9. The number of hydrogen-bond donors (Lipinski definition) is 2. The molecule has 1 aromatic heterocycles. The van der Waals surface area contributed by atoms with Crippen molar-refractivity contribution in [1.29, 1.82) is 0 Å². The molecule has 0 bridgehead atoms. The number of sulfonamides is 1. The highest BCUT2D eigenvalue weighted by atomic mass is 35.5. The van der Waals surface area contributed by atoms with Crippen molar-refractivity contribution < 1.29 is 13.5 Å². The molecule has 1 heterocycles. The third-order valence-electron chi connectivity index (χ3n) is 2.95. The van der Waals surface area contributed by atoms with Crippen molar-refractivity contribution >= 4 is 21.6 Å². The molecule has 0 radical (unpaired) electrons. The van der Waals surface area contributed by atoms with Crippen molar-refractivity contribution in [2.75, 3.05) is 6.54 Å². The number of halogens is 1. The average Bonchev–Trinajstić information content (AvgIpc) is 2.58. The predicted octanol–water partition coefficient (Wildman–Crippen LogP) is 0.759. The Hall–Kier alpha value is -0.630. The molecule has 0 saturated carbocycles. The molecule has 8 heteroatoms. The van der Waals surface area contributed by atoms with Crippen LogP contribution in [0.25, 0.3) is 0 Å². The first-order valence-corrected chi connectivity index (χ1v) is 7.33. The zero-order valence-corrected chi connectivity index (χ0v) is 12.4. The first-order chi connectivity index (χ1) is 8.08. The highest BCUT2D eigenvalue weighted by molar-refractivity contribution is 7.89. The van der Waals surface area contributed by atoms with Crippen molar-refractivity contribution in [2.24, 2.45) is 13.0 Å². The minimum absolute atomic E-state index is 0.0340. The Bertz CT molecular complexity index is 522. The molecule has 6 nitrogen and oxygen atoms in total. The number of imidazole rings is 1. The molecule has 1 rings (SSSR count). The number of nitrogens with zero attached hydrogens (tertiary/aromatic N) is 2. The molecule has 0 aliphatic carbocycles. The van der Waals surface area contributed by atoms with Gasteiger partial charge in [0.1, 0.15) is 5.15 Å². The summed E-state index contributed by atoms with van der Waals surface area (Å²) in [6, 6.07) is 0. The van der Waals surface area contributed by atoms with Crippen LogP contribution in [0, 0.1) is 5.92 Å². The molecule has 0 aliphatic rings. The van der Waals surface area contributed by atoms with Gasteiger partial charge in [-0.1, -0.05) is 25.4 Å². The van der Waals surface area contributed by atoms with Gasteiger partial charge in [0, 0.05) is 13.6 Å². The monoisotopic (exact) mass is 295 g/mol. The SMILES string of the molecule is CC(C)C(C)(O)CNS(=O)(=O)c1ncn(C)c1Cl. The topological polar surface area (TPSA) is 84.2 Å².